The third-order valence-electron chi connectivity index (χ3n) is 5.98. The Hall–Kier alpha value is -2.97. The lowest BCUT2D eigenvalue weighted by Gasteiger charge is -2.38. The third-order valence-corrected chi connectivity index (χ3v) is 5.98. The summed E-state index contributed by atoms with van der Waals surface area (Å²) in [6.07, 6.45) is 0. The molecule has 1 unspecified atom stereocenters. The average Bonchev–Trinajstić information content (AvgIpc) is 2.75. The monoisotopic (exact) mass is 425 g/mol. The van der Waals surface area contributed by atoms with Gasteiger partial charge in [0.2, 0.25) is 0 Å². The van der Waals surface area contributed by atoms with Gasteiger partial charge in [-0.2, -0.15) is 0 Å². The molecular weight excluding hydrogens is 394 g/mol. The summed E-state index contributed by atoms with van der Waals surface area (Å²) in [5.74, 6) is -0.287. The number of benzene rings is 2. The molecule has 0 saturated carbocycles. The van der Waals surface area contributed by atoms with Gasteiger partial charge in [0.1, 0.15) is 0 Å². The van der Waals surface area contributed by atoms with E-state index in [1.165, 1.54) is 6.07 Å². The van der Waals surface area contributed by atoms with Crippen molar-refractivity contribution in [3.63, 3.8) is 0 Å². The van der Waals surface area contributed by atoms with Crippen LogP contribution < -0.4 is 10.2 Å². The fourth-order valence-electron chi connectivity index (χ4n) is 3.94. The highest BCUT2D eigenvalue weighted by Crippen LogP contribution is 2.25. The molecular formula is C23H31N5O3. The van der Waals surface area contributed by atoms with Crippen LogP contribution in [0.1, 0.15) is 27.5 Å². The van der Waals surface area contributed by atoms with Crippen LogP contribution in [0, 0.1) is 17.0 Å². The number of hydrogen-bond donors (Lipinski definition) is 1. The summed E-state index contributed by atoms with van der Waals surface area (Å²) in [5, 5.41) is 14.2. The second kappa shape index (κ2) is 9.89. The Morgan fingerprint density at radius 2 is 1.77 bits per heavy atom. The minimum absolute atomic E-state index is 0.0351. The summed E-state index contributed by atoms with van der Waals surface area (Å²) in [7, 11) is 6.13. The van der Waals surface area contributed by atoms with E-state index in [4.69, 9.17) is 0 Å². The van der Waals surface area contributed by atoms with Crippen molar-refractivity contribution in [2.45, 2.75) is 13.0 Å². The number of nitro benzene ring substituents is 1. The van der Waals surface area contributed by atoms with Crippen LogP contribution in [0.15, 0.2) is 42.5 Å². The minimum Gasteiger partial charge on any atom is -0.378 e. The largest absolute Gasteiger partial charge is 0.378 e. The molecule has 31 heavy (non-hydrogen) atoms. The van der Waals surface area contributed by atoms with Crippen molar-refractivity contribution in [1.29, 1.82) is 0 Å². The number of piperazine rings is 1. The van der Waals surface area contributed by atoms with Crippen LogP contribution in [0.2, 0.25) is 0 Å². The molecule has 8 heteroatoms. The molecule has 1 amide bonds. The molecule has 0 bridgehead atoms. The molecule has 2 aromatic carbocycles. The summed E-state index contributed by atoms with van der Waals surface area (Å²) in [6, 6.07) is 13.0. The molecule has 1 heterocycles. The molecule has 1 fully saturated rings. The van der Waals surface area contributed by atoms with E-state index in [-0.39, 0.29) is 17.6 Å². The maximum Gasteiger partial charge on any atom is 0.273 e. The third kappa shape index (κ3) is 5.39. The number of amides is 1. The molecule has 1 saturated heterocycles. The molecule has 1 aliphatic heterocycles. The number of carbonyl (C=O) groups excluding carboxylic acids is 1. The van der Waals surface area contributed by atoms with Crippen molar-refractivity contribution in [2.75, 3.05) is 58.8 Å². The van der Waals surface area contributed by atoms with Gasteiger partial charge < -0.3 is 15.1 Å². The first-order chi connectivity index (χ1) is 14.8. The van der Waals surface area contributed by atoms with Crippen LogP contribution in [-0.2, 0) is 0 Å². The summed E-state index contributed by atoms with van der Waals surface area (Å²) < 4.78 is 0. The van der Waals surface area contributed by atoms with Gasteiger partial charge in [-0.1, -0.05) is 18.2 Å². The van der Waals surface area contributed by atoms with E-state index in [1.54, 1.807) is 19.1 Å². The first kappa shape index (κ1) is 22.7. The van der Waals surface area contributed by atoms with E-state index in [0.29, 0.717) is 17.7 Å². The van der Waals surface area contributed by atoms with Crippen LogP contribution >= 0.6 is 0 Å². The average molecular weight is 426 g/mol. The first-order valence-corrected chi connectivity index (χ1v) is 10.5. The highest BCUT2D eigenvalue weighted by Gasteiger charge is 2.25. The number of rotatable bonds is 7. The Labute approximate surface area is 183 Å². The maximum absolute atomic E-state index is 12.9. The lowest BCUT2D eigenvalue weighted by Crippen LogP contribution is -2.48. The molecule has 166 valence electrons. The van der Waals surface area contributed by atoms with E-state index in [0.717, 1.165) is 37.4 Å². The van der Waals surface area contributed by atoms with Crippen molar-refractivity contribution < 1.29 is 9.72 Å². The van der Waals surface area contributed by atoms with Gasteiger partial charge in [0.15, 0.2) is 0 Å². The van der Waals surface area contributed by atoms with Gasteiger partial charge in [0, 0.05) is 69.7 Å². The van der Waals surface area contributed by atoms with Crippen molar-refractivity contribution in [3.05, 3.63) is 69.3 Å². The predicted molar refractivity (Wildman–Crippen MR) is 123 cm³/mol. The van der Waals surface area contributed by atoms with Gasteiger partial charge in [-0.3, -0.25) is 19.8 Å². The number of nitrogens with one attached hydrogen (secondary N) is 1. The van der Waals surface area contributed by atoms with Crippen molar-refractivity contribution >= 4 is 17.3 Å². The molecule has 1 aliphatic rings. The van der Waals surface area contributed by atoms with Crippen molar-refractivity contribution in [3.8, 4) is 0 Å². The number of nitro groups is 1. The Bertz CT molecular complexity index is 921. The highest BCUT2D eigenvalue weighted by atomic mass is 16.6. The minimum atomic E-state index is -0.453. The summed E-state index contributed by atoms with van der Waals surface area (Å²) in [6.45, 7) is 5.84. The Balaban J connectivity index is 1.79. The zero-order valence-electron chi connectivity index (χ0n) is 18.7. The second-order valence-electron chi connectivity index (χ2n) is 8.26. The molecule has 0 spiro atoms. The van der Waals surface area contributed by atoms with Gasteiger partial charge in [0.05, 0.1) is 11.0 Å². The molecule has 1 N–H and O–H groups in total. The highest BCUT2D eigenvalue weighted by molar-refractivity contribution is 5.96. The number of carbonyl (C=O) groups is 1. The zero-order valence-corrected chi connectivity index (χ0v) is 18.7. The van der Waals surface area contributed by atoms with Gasteiger partial charge in [-0.15, -0.1) is 0 Å². The first-order valence-electron chi connectivity index (χ1n) is 10.5. The van der Waals surface area contributed by atoms with Crippen LogP contribution in [0.3, 0.4) is 0 Å². The summed E-state index contributed by atoms with van der Waals surface area (Å²) >= 11 is 0. The van der Waals surface area contributed by atoms with Crippen LogP contribution in [0.5, 0.6) is 0 Å². The summed E-state index contributed by atoms with van der Waals surface area (Å²) in [5.41, 5.74) is 2.96. The topological polar surface area (TPSA) is 82.0 Å². The lowest BCUT2D eigenvalue weighted by atomic mass is 10.0. The normalized spacial score (nSPS) is 16.0. The van der Waals surface area contributed by atoms with E-state index in [9.17, 15) is 14.9 Å². The van der Waals surface area contributed by atoms with E-state index in [2.05, 4.69) is 51.3 Å². The molecule has 0 aromatic heterocycles. The Kier molecular flexibility index (Phi) is 7.25. The van der Waals surface area contributed by atoms with Gasteiger partial charge in [-0.25, -0.2) is 0 Å². The fraction of sp³-hybridized carbons (Fsp3) is 0.435. The molecule has 1 atom stereocenters. The van der Waals surface area contributed by atoms with Crippen LogP contribution in [-0.4, -0.2) is 74.5 Å². The Morgan fingerprint density at radius 3 is 2.35 bits per heavy atom. The van der Waals surface area contributed by atoms with E-state index in [1.807, 2.05) is 14.1 Å². The molecule has 0 aliphatic carbocycles. The van der Waals surface area contributed by atoms with Crippen molar-refractivity contribution in [2.24, 2.45) is 0 Å². The summed E-state index contributed by atoms with van der Waals surface area (Å²) in [4.78, 5) is 30.4. The molecule has 2 aromatic rings. The van der Waals surface area contributed by atoms with E-state index >= 15 is 0 Å². The number of nitrogens with zero attached hydrogens (tertiary/aromatic N) is 4. The zero-order chi connectivity index (χ0) is 22.5. The fourth-order valence-corrected chi connectivity index (χ4v) is 3.94. The number of hydrogen-bond acceptors (Lipinski definition) is 6. The van der Waals surface area contributed by atoms with Gasteiger partial charge in [0.25, 0.3) is 11.6 Å². The lowest BCUT2D eigenvalue weighted by molar-refractivity contribution is -0.385. The predicted octanol–water partition coefficient (Wildman–Crippen LogP) is 2.69. The van der Waals surface area contributed by atoms with Crippen molar-refractivity contribution in [1.82, 2.24) is 15.1 Å². The number of anilines is 1. The molecule has 3 rings (SSSR count). The van der Waals surface area contributed by atoms with Gasteiger partial charge >= 0.3 is 0 Å². The van der Waals surface area contributed by atoms with E-state index < -0.39 is 4.92 Å². The maximum atomic E-state index is 12.9. The smallest absolute Gasteiger partial charge is 0.273 e. The standard InChI is InChI=1S/C23H31N5O3/c1-17-20(6-5-7-21(17)28(30)31)23(29)24-16-22(27-14-12-26(4)13-15-27)18-8-10-19(11-9-18)25(2)3/h5-11,22H,12-16H2,1-4H3,(H,24,29). The van der Waals surface area contributed by atoms with Crippen LogP contribution in [0.25, 0.3) is 0 Å². The SMILES string of the molecule is Cc1c(C(=O)NCC(c2ccc(N(C)C)cc2)N2CCN(C)CC2)cccc1[N+](=O)[O-]. The molecule has 0 radical (unpaired) electrons. The van der Waals surface area contributed by atoms with Gasteiger partial charge in [-0.05, 0) is 37.7 Å². The van der Waals surface area contributed by atoms with Crippen LogP contribution in [0.4, 0.5) is 11.4 Å². The number of likely N-dealkylation sites (N-methyl/N-ethyl adjacent to an activating group) is 1. The quantitative estimate of drug-likeness (QED) is 0.543. The molecule has 8 nitrogen and oxygen atoms in total. The second-order valence-corrected chi connectivity index (χ2v) is 8.26. The Morgan fingerprint density at radius 1 is 1.13 bits per heavy atom.